The zero-order valence-corrected chi connectivity index (χ0v) is 13.4. The van der Waals surface area contributed by atoms with Crippen molar-refractivity contribution in [3.63, 3.8) is 0 Å². The van der Waals surface area contributed by atoms with Gasteiger partial charge in [-0.15, -0.1) is 0 Å². The van der Waals surface area contributed by atoms with Crippen molar-refractivity contribution < 1.29 is 0 Å². The Morgan fingerprint density at radius 1 is 0.905 bits per heavy atom. The molecular weight excluding hydrogens is 303 g/mol. The van der Waals surface area contributed by atoms with Gasteiger partial charge in [-0.2, -0.15) is 0 Å². The molecule has 0 aliphatic rings. The minimum atomic E-state index is 0.711. The summed E-state index contributed by atoms with van der Waals surface area (Å²) in [5.74, 6) is 0. The molecule has 21 heavy (non-hydrogen) atoms. The van der Waals surface area contributed by atoms with Crippen LogP contribution >= 0.6 is 23.2 Å². The Morgan fingerprint density at radius 2 is 1.43 bits per heavy atom. The normalized spacial score (nSPS) is 12.4. The monoisotopic (exact) mass is 318 g/mol. The second-order valence-electron chi connectivity index (χ2n) is 4.69. The Bertz CT molecular complexity index is 656. The van der Waals surface area contributed by atoms with Crippen molar-refractivity contribution in [2.45, 2.75) is 13.8 Å². The van der Waals surface area contributed by atoms with Gasteiger partial charge in [-0.05, 0) is 68.5 Å². The number of hydrogen-bond donors (Lipinski definition) is 1. The highest BCUT2D eigenvalue weighted by Crippen LogP contribution is 2.17. The second kappa shape index (κ2) is 7.30. The molecule has 2 nitrogen and oxygen atoms in total. The van der Waals surface area contributed by atoms with Crippen LogP contribution in [-0.4, -0.2) is 5.71 Å². The van der Waals surface area contributed by atoms with E-state index >= 15 is 0 Å². The number of rotatable bonds is 4. The van der Waals surface area contributed by atoms with Crippen LogP contribution in [0.2, 0.25) is 10.0 Å². The zero-order chi connectivity index (χ0) is 15.2. The number of hydrogen-bond acceptors (Lipinski definition) is 2. The van der Waals surface area contributed by atoms with Gasteiger partial charge in [0, 0.05) is 27.1 Å². The summed E-state index contributed by atoms with van der Waals surface area (Å²) in [5, 5.41) is 4.73. The number of aliphatic imine (C=N–C) groups is 1. The lowest BCUT2D eigenvalue weighted by Crippen LogP contribution is -1.98. The van der Waals surface area contributed by atoms with E-state index in [9.17, 15) is 0 Å². The van der Waals surface area contributed by atoms with E-state index < -0.39 is 0 Å². The average Bonchev–Trinajstić information content (AvgIpc) is 2.44. The number of allylic oxidation sites excluding steroid dienone is 2. The lowest BCUT2D eigenvalue weighted by atomic mass is 10.2. The molecule has 1 N–H and O–H groups in total. The fourth-order valence-electron chi connectivity index (χ4n) is 1.86. The van der Waals surface area contributed by atoms with E-state index in [0.717, 1.165) is 27.8 Å². The topological polar surface area (TPSA) is 24.4 Å². The van der Waals surface area contributed by atoms with E-state index in [1.165, 1.54) is 0 Å². The first-order valence-electron chi connectivity index (χ1n) is 6.55. The highest BCUT2D eigenvalue weighted by Gasteiger charge is 1.96. The third kappa shape index (κ3) is 5.25. The first-order valence-corrected chi connectivity index (χ1v) is 7.30. The molecule has 0 spiro atoms. The van der Waals surface area contributed by atoms with E-state index in [1.54, 1.807) is 0 Å². The van der Waals surface area contributed by atoms with Crippen molar-refractivity contribution >= 4 is 40.3 Å². The second-order valence-corrected chi connectivity index (χ2v) is 5.56. The van der Waals surface area contributed by atoms with E-state index in [0.29, 0.717) is 5.02 Å². The van der Waals surface area contributed by atoms with E-state index in [4.69, 9.17) is 23.2 Å². The van der Waals surface area contributed by atoms with Crippen LogP contribution in [-0.2, 0) is 0 Å². The summed E-state index contributed by atoms with van der Waals surface area (Å²) in [5.41, 5.74) is 3.80. The van der Waals surface area contributed by atoms with Crippen LogP contribution in [0, 0.1) is 0 Å². The van der Waals surface area contributed by atoms with E-state index in [1.807, 2.05) is 68.5 Å². The van der Waals surface area contributed by atoms with Crippen molar-refractivity contribution in [3.05, 3.63) is 70.3 Å². The molecule has 0 aliphatic heterocycles. The number of benzene rings is 2. The van der Waals surface area contributed by atoms with Gasteiger partial charge >= 0.3 is 0 Å². The lowest BCUT2D eigenvalue weighted by Gasteiger charge is -2.06. The summed E-state index contributed by atoms with van der Waals surface area (Å²) in [6, 6.07) is 15.0. The van der Waals surface area contributed by atoms with Gasteiger partial charge in [0.1, 0.15) is 0 Å². The van der Waals surface area contributed by atoms with Crippen LogP contribution in [0.1, 0.15) is 13.8 Å². The first-order chi connectivity index (χ1) is 10.0. The maximum absolute atomic E-state index is 5.86. The molecule has 0 bridgehead atoms. The Kier molecular flexibility index (Phi) is 5.43. The maximum atomic E-state index is 5.86. The molecule has 0 saturated heterocycles. The summed E-state index contributed by atoms with van der Waals surface area (Å²) < 4.78 is 0. The standard InChI is InChI=1S/C17H16Cl2N2/c1-12(20-16-7-3-14(18)4-8-16)11-13(2)21-17-9-5-15(19)6-10-17/h3-11,20H,1-2H3/b12-11+,21-13?. The first kappa shape index (κ1) is 15.6. The average molecular weight is 319 g/mol. The number of anilines is 1. The summed E-state index contributed by atoms with van der Waals surface area (Å²) in [7, 11) is 0. The Hall–Kier alpha value is -1.77. The molecule has 0 fully saturated rings. The molecule has 2 rings (SSSR count). The molecule has 108 valence electrons. The van der Waals surface area contributed by atoms with Gasteiger partial charge in [0.2, 0.25) is 0 Å². The van der Waals surface area contributed by atoms with Gasteiger partial charge in [0.25, 0.3) is 0 Å². The Balaban J connectivity index is 2.06. The van der Waals surface area contributed by atoms with Gasteiger partial charge in [-0.25, -0.2) is 0 Å². The third-order valence-corrected chi connectivity index (χ3v) is 3.25. The van der Waals surface area contributed by atoms with Crippen molar-refractivity contribution in [3.8, 4) is 0 Å². The molecule has 4 heteroatoms. The molecule has 0 radical (unpaired) electrons. The van der Waals surface area contributed by atoms with Crippen LogP contribution < -0.4 is 5.32 Å². The molecule has 0 unspecified atom stereocenters. The molecule has 2 aromatic carbocycles. The van der Waals surface area contributed by atoms with E-state index in [2.05, 4.69) is 10.3 Å². The van der Waals surface area contributed by atoms with Crippen LogP contribution in [0.25, 0.3) is 0 Å². The quantitative estimate of drug-likeness (QED) is 0.676. The van der Waals surface area contributed by atoms with Crippen molar-refractivity contribution in [2.24, 2.45) is 4.99 Å². The number of halogens is 2. The van der Waals surface area contributed by atoms with Gasteiger partial charge in [0.05, 0.1) is 5.69 Å². The fraction of sp³-hybridized carbons (Fsp3) is 0.118. The zero-order valence-electron chi connectivity index (χ0n) is 11.9. The van der Waals surface area contributed by atoms with Gasteiger partial charge in [-0.3, -0.25) is 4.99 Å². The molecule has 0 aromatic heterocycles. The SMILES string of the molecule is CC(/C=C(\C)Nc1ccc(Cl)cc1)=Nc1ccc(Cl)cc1. The molecule has 0 atom stereocenters. The van der Waals surface area contributed by atoms with Crippen LogP contribution in [0.15, 0.2) is 65.3 Å². The minimum absolute atomic E-state index is 0.711. The van der Waals surface area contributed by atoms with Crippen LogP contribution in [0.4, 0.5) is 11.4 Å². The Morgan fingerprint density at radius 3 is 2.00 bits per heavy atom. The fourth-order valence-corrected chi connectivity index (χ4v) is 2.11. The molecular formula is C17H16Cl2N2. The predicted molar refractivity (Wildman–Crippen MR) is 93.1 cm³/mol. The van der Waals surface area contributed by atoms with Gasteiger partial charge < -0.3 is 5.32 Å². The maximum Gasteiger partial charge on any atom is 0.0633 e. The molecule has 0 aliphatic carbocycles. The van der Waals surface area contributed by atoms with Crippen molar-refractivity contribution in [2.75, 3.05) is 5.32 Å². The van der Waals surface area contributed by atoms with E-state index in [-0.39, 0.29) is 0 Å². The highest BCUT2D eigenvalue weighted by atomic mass is 35.5. The van der Waals surface area contributed by atoms with Crippen LogP contribution in [0.3, 0.4) is 0 Å². The Labute approximate surface area is 135 Å². The largest absolute Gasteiger partial charge is 0.359 e. The highest BCUT2D eigenvalue weighted by molar-refractivity contribution is 6.30. The predicted octanol–water partition coefficient (Wildman–Crippen LogP) is 6.10. The van der Waals surface area contributed by atoms with Crippen LogP contribution in [0.5, 0.6) is 0 Å². The number of nitrogens with one attached hydrogen (secondary N) is 1. The summed E-state index contributed by atoms with van der Waals surface area (Å²) >= 11 is 11.7. The molecule has 0 amide bonds. The number of nitrogens with zero attached hydrogens (tertiary/aromatic N) is 1. The molecule has 2 aromatic rings. The molecule has 0 saturated carbocycles. The third-order valence-electron chi connectivity index (χ3n) is 2.74. The van der Waals surface area contributed by atoms with Gasteiger partial charge in [-0.1, -0.05) is 23.2 Å². The summed E-state index contributed by atoms with van der Waals surface area (Å²) in [4.78, 5) is 4.52. The summed E-state index contributed by atoms with van der Waals surface area (Å²) in [6.45, 7) is 3.96. The van der Waals surface area contributed by atoms with Crippen molar-refractivity contribution in [1.82, 2.24) is 0 Å². The lowest BCUT2D eigenvalue weighted by molar-refractivity contribution is 1.37. The smallest absolute Gasteiger partial charge is 0.0633 e. The van der Waals surface area contributed by atoms with Crippen molar-refractivity contribution in [1.29, 1.82) is 0 Å². The summed E-state index contributed by atoms with van der Waals surface area (Å²) in [6.07, 6.45) is 1.99. The minimum Gasteiger partial charge on any atom is -0.359 e. The van der Waals surface area contributed by atoms with Gasteiger partial charge in [0.15, 0.2) is 0 Å². The molecule has 0 heterocycles.